The third-order valence-corrected chi connectivity index (χ3v) is 8.94. The fourth-order valence-electron chi connectivity index (χ4n) is 4.99. The zero-order chi connectivity index (χ0) is 26.2. The lowest BCUT2D eigenvalue weighted by molar-refractivity contribution is -0.135. The molecule has 37 heavy (non-hydrogen) atoms. The molecule has 0 fully saturated rings. The predicted molar refractivity (Wildman–Crippen MR) is 136 cm³/mol. The Hall–Kier alpha value is -3.57. The van der Waals surface area contributed by atoms with Crippen molar-refractivity contribution in [2.45, 2.75) is 17.2 Å². The Morgan fingerprint density at radius 3 is 2.24 bits per heavy atom. The Balaban J connectivity index is 1.29. The average molecular weight is 527 g/mol. The molecule has 10 nitrogen and oxygen atoms in total. The van der Waals surface area contributed by atoms with E-state index >= 15 is 0 Å². The molecule has 3 aliphatic heterocycles. The number of carbonyl (C=O) groups excluding carboxylic acids is 2. The van der Waals surface area contributed by atoms with E-state index in [1.807, 2.05) is 37.3 Å². The van der Waals surface area contributed by atoms with E-state index < -0.39 is 15.4 Å². The maximum Gasteiger partial charge on any atom is 0.314 e. The number of rotatable bonds is 6. The highest BCUT2D eigenvalue weighted by Gasteiger charge is 2.44. The highest BCUT2D eigenvalue weighted by Crippen LogP contribution is 2.36. The third-order valence-electron chi connectivity index (χ3n) is 7.15. The molecule has 0 bridgehead atoms. The van der Waals surface area contributed by atoms with Crippen LogP contribution in [0.5, 0.6) is 11.5 Å². The Bertz CT molecular complexity index is 1340. The van der Waals surface area contributed by atoms with Crippen LogP contribution in [0.3, 0.4) is 0 Å². The van der Waals surface area contributed by atoms with Crippen molar-refractivity contribution in [1.82, 2.24) is 19.8 Å². The molecule has 3 aliphatic rings. The van der Waals surface area contributed by atoms with Crippen molar-refractivity contribution in [1.29, 1.82) is 0 Å². The molecule has 196 valence electrons. The second-order valence-corrected chi connectivity index (χ2v) is 11.5. The van der Waals surface area contributed by atoms with Gasteiger partial charge in [0, 0.05) is 45.8 Å². The number of benzene rings is 2. The van der Waals surface area contributed by atoms with Crippen molar-refractivity contribution in [2.75, 3.05) is 53.0 Å². The summed E-state index contributed by atoms with van der Waals surface area (Å²) in [5.41, 5.74) is 1.68. The molecule has 11 heteroatoms. The van der Waals surface area contributed by atoms with Crippen molar-refractivity contribution in [3.8, 4) is 11.5 Å². The number of carbonyl (C=O) groups is 2. The predicted octanol–water partition coefficient (Wildman–Crippen LogP) is 1.49. The van der Waals surface area contributed by atoms with Crippen LogP contribution in [0.2, 0.25) is 0 Å². The van der Waals surface area contributed by atoms with Crippen molar-refractivity contribution in [2.24, 2.45) is 0 Å². The Morgan fingerprint density at radius 1 is 0.946 bits per heavy atom. The summed E-state index contributed by atoms with van der Waals surface area (Å²) in [5.74, 6) is 0.842. The number of ether oxygens (including phenoxy) is 2. The molecule has 0 aromatic heterocycles. The van der Waals surface area contributed by atoms with Gasteiger partial charge in [0.15, 0.2) is 11.5 Å². The van der Waals surface area contributed by atoms with Crippen LogP contribution >= 0.6 is 0 Å². The van der Waals surface area contributed by atoms with Crippen molar-refractivity contribution >= 4 is 22.0 Å². The Labute approximate surface area is 216 Å². The quantitative estimate of drug-likeness (QED) is 0.551. The average Bonchev–Trinajstić information content (AvgIpc) is 3.51. The topological polar surface area (TPSA) is 117 Å². The summed E-state index contributed by atoms with van der Waals surface area (Å²) in [7, 11) is -2.22. The molecule has 0 aliphatic carbocycles. The summed E-state index contributed by atoms with van der Waals surface area (Å²) in [4.78, 5) is 27.6. The van der Waals surface area contributed by atoms with Crippen LogP contribution in [-0.2, 0) is 20.2 Å². The number of amides is 3. The Kier molecular flexibility index (Phi) is 6.59. The maximum atomic E-state index is 13.8. The molecule has 1 atom stereocenters. The lowest BCUT2D eigenvalue weighted by Gasteiger charge is -2.34. The third kappa shape index (κ3) is 4.64. The zero-order valence-corrected chi connectivity index (χ0v) is 21.6. The lowest BCUT2D eigenvalue weighted by atomic mass is 9.80. The van der Waals surface area contributed by atoms with Gasteiger partial charge < -0.3 is 25.0 Å². The second-order valence-electron chi connectivity index (χ2n) is 9.58. The number of nitrogens with zero attached hydrogens (tertiary/aromatic N) is 2. The van der Waals surface area contributed by atoms with Crippen LogP contribution in [0.15, 0.2) is 64.6 Å². The van der Waals surface area contributed by atoms with Crippen LogP contribution < -0.4 is 20.1 Å². The van der Waals surface area contributed by atoms with Crippen molar-refractivity contribution in [3.05, 3.63) is 65.2 Å². The van der Waals surface area contributed by atoms with Gasteiger partial charge in [-0.05, 0) is 35.8 Å². The van der Waals surface area contributed by atoms with E-state index in [1.54, 1.807) is 11.0 Å². The summed E-state index contributed by atoms with van der Waals surface area (Å²) in [6, 6.07) is 13.7. The molecule has 2 N–H and O–H groups in total. The van der Waals surface area contributed by atoms with E-state index in [2.05, 4.69) is 10.6 Å². The molecule has 3 amide bonds. The normalized spacial score (nSPS) is 18.8. The summed E-state index contributed by atoms with van der Waals surface area (Å²) in [6.45, 7) is 3.92. The monoisotopic (exact) mass is 526 g/mol. The largest absolute Gasteiger partial charge is 0.486 e. The number of hydrogen-bond donors (Lipinski definition) is 2. The minimum Gasteiger partial charge on any atom is -0.486 e. The highest BCUT2D eigenvalue weighted by molar-refractivity contribution is 7.89. The molecular formula is C26H30N4O6S. The van der Waals surface area contributed by atoms with Crippen LogP contribution in [0.1, 0.15) is 12.5 Å². The maximum absolute atomic E-state index is 13.8. The molecule has 0 saturated heterocycles. The zero-order valence-electron chi connectivity index (χ0n) is 20.8. The van der Waals surface area contributed by atoms with E-state index in [0.29, 0.717) is 37.8 Å². The standard InChI is InChI=1S/C26H30N4O6S/c1-26(17-28-25(32)27-2,20-6-4-3-5-7-20)24(31)29-13-18-15-30(16-19(18)14-29)37(33,34)21-8-9-22-23(12-21)36-11-10-35-22/h3-9,12H,10-11,13-17H2,1-2H3,(H2,27,28,32). The lowest BCUT2D eigenvalue weighted by Crippen LogP contribution is -2.52. The smallest absolute Gasteiger partial charge is 0.314 e. The van der Waals surface area contributed by atoms with E-state index in [9.17, 15) is 18.0 Å². The van der Waals surface area contributed by atoms with Gasteiger partial charge in [-0.15, -0.1) is 0 Å². The van der Waals surface area contributed by atoms with Gasteiger partial charge in [0.25, 0.3) is 0 Å². The molecule has 5 rings (SSSR count). The minimum absolute atomic E-state index is 0.120. The van der Waals surface area contributed by atoms with E-state index in [4.69, 9.17) is 9.47 Å². The SMILES string of the molecule is CNC(=O)NCC(C)(C(=O)N1CC2=C(C1)CN(S(=O)(=O)c1ccc3c(c1)OCCO3)C2)c1ccccc1. The molecule has 2 aromatic carbocycles. The summed E-state index contributed by atoms with van der Waals surface area (Å²) in [6.07, 6.45) is 0. The molecule has 1 unspecified atom stereocenters. The summed E-state index contributed by atoms with van der Waals surface area (Å²) in [5, 5.41) is 5.29. The molecule has 3 heterocycles. The molecule has 2 aromatic rings. The van der Waals surface area contributed by atoms with Gasteiger partial charge >= 0.3 is 6.03 Å². The first-order valence-corrected chi connectivity index (χ1v) is 13.6. The number of urea groups is 1. The van der Waals surface area contributed by atoms with E-state index in [-0.39, 0.29) is 36.5 Å². The van der Waals surface area contributed by atoms with Gasteiger partial charge in [0.05, 0.1) is 10.3 Å². The molecule has 0 radical (unpaired) electrons. The first-order valence-electron chi connectivity index (χ1n) is 12.1. The fraction of sp³-hybridized carbons (Fsp3) is 0.385. The number of sulfonamides is 1. The van der Waals surface area contributed by atoms with Gasteiger partial charge in [-0.1, -0.05) is 30.3 Å². The number of hydrogen-bond acceptors (Lipinski definition) is 6. The van der Waals surface area contributed by atoms with Gasteiger partial charge in [-0.3, -0.25) is 4.79 Å². The van der Waals surface area contributed by atoms with Crippen LogP contribution in [0.25, 0.3) is 0 Å². The van der Waals surface area contributed by atoms with E-state index in [0.717, 1.165) is 16.7 Å². The van der Waals surface area contributed by atoms with Gasteiger partial charge in [0.2, 0.25) is 15.9 Å². The van der Waals surface area contributed by atoms with Crippen LogP contribution in [0, 0.1) is 0 Å². The van der Waals surface area contributed by atoms with Crippen molar-refractivity contribution in [3.63, 3.8) is 0 Å². The first-order chi connectivity index (χ1) is 17.7. The minimum atomic E-state index is -3.75. The molecule has 0 spiro atoms. The van der Waals surface area contributed by atoms with Gasteiger partial charge in [-0.2, -0.15) is 4.31 Å². The second kappa shape index (κ2) is 9.71. The fourth-order valence-corrected chi connectivity index (χ4v) is 6.44. The van der Waals surface area contributed by atoms with Gasteiger partial charge in [0.1, 0.15) is 13.2 Å². The molecule has 0 saturated carbocycles. The van der Waals surface area contributed by atoms with Crippen LogP contribution in [0.4, 0.5) is 4.79 Å². The molecular weight excluding hydrogens is 496 g/mol. The Morgan fingerprint density at radius 2 is 1.59 bits per heavy atom. The van der Waals surface area contributed by atoms with E-state index in [1.165, 1.54) is 23.5 Å². The number of nitrogens with one attached hydrogen (secondary N) is 2. The summed E-state index contributed by atoms with van der Waals surface area (Å²) >= 11 is 0. The van der Waals surface area contributed by atoms with Gasteiger partial charge in [-0.25, -0.2) is 13.2 Å². The van der Waals surface area contributed by atoms with Crippen LogP contribution in [-0.4, -0.2) is 82.5 Å². The summed E-state index contributed by atoms with van der Waals surface area (Å²) < 4.78 is 39.2. The number of fused-ring (bicyclic) bond motifs is 1. The first kappa shape index (κ1) is 25.1. The highest BCUT2D eigenvalue weighted by atomic mass is 32.2. The van der Waals surface area contributed by atoms with Crippen molar-refractivity contribution < 1.29 is 27.5 Å².